The molecule has 0 spiro atoms. The van der Waals surface area contributed by atoms with Crippen molar-refractivity contribution < 1.29 is 19.1 Å². The number of carbonyl (C=O) groups excluding carboxylic acids is 2. The normalized spacial score (nSPS) is 17.7. The van der Waals surface area contributed by atoms with Crippen molar-refractivity contribution in [3.8, 4) is 0 Å². The average molecular weight is 363 g/mol. The zero-order valence-electron chi connectivity index (χ0n) is 14.4. The Morgan fingerprint density at radius 1 is 1.44 bits per heavy atom. The number of nitrogens with zero attached hydrogens (tertiary/aromatic N) is 2. The molecule has 1 aromatic carbocycles. The van der Waals surface area contributed by atoms with Crippen LogP contribution in [0, 0.1) is 12.8 Å². The maximum absolute atomic E-state index is 12.4. The van der Waals surface area contributed by atoms with Crippen LogP contribution in [-0.2, 0) is 19.1 Å². The fourth-order valence-electron chi connectivity index (χ4n) is 2.92. The lowest BCUT2D eigenvalue weighted by Gasteiger charge is -2.18. The van der Waals surface area contributed by atoms with E-state index in [1.54, 1.807) is 16.2 Å². The van der Waals surface area contributed by atoms with Crippen LogP contribution in [0.25, 0.3) is 10.2 Å². The van der Waals surface area contributed by atoms with E-state index in [4.69, 9.17) is 9.47 Å². The van der Waals surface area contributed by atoms with Crippen molar-refractivity contribution >= 4 is 39.1 Å². The molecule has 3 rings (SSSR count). The topological polar surface area (TPSA) is 80.8 Å². The maximum atomic E-state index is 12.4. The SMILES string of the molecule is COC(CNC(=O)C1CC(=O)N(c2ccc3sc(C)nc3c2)C1)OC. The number of anilines is 1. The second-order valence-corrected chi connectivity index (χ2v) is 7.17. The molecule has 2 heterocycles. The molecule has 7 nitrogen and oxygen atoms in total. The lowest BCUT2D eigenvalue weighted by atomic mass is 10.1. The van der Waals surface area contributed by atoms with E-state index in [0.717, 1.165) is 20.9 Å². The van der Waals surface area contributed by atoms with Crippen LogP contribution in [0.5, 0.6) is 0 Å². The van der Waals surface area contributed by atoms with Crippen molar-refractivity contribution in [3.63, 3.8) is 0 Å². The fraction of sp³-hybridized carbons (Fsp3) is 0.471. The van der Waals surface area contributed by atoms with Gasteiger partial charge in [-0.2, -0.15) is 0 Å². The van der Waals surface area contributed by atoms with Gasteiger partial charge in [0, 0.05) is 32.9 Å². The highest BCUT2D eigenvalue weighted by Gasteiger charge is 2.35. The van der Waals surface area contributed by atoms with Crippen LogP contribution in [0.2, 0.25) is 0 Å². The molecule has 1 aliphatic rings. The van der Waals surface area contributed by atoms with Gasteiger partial charge in [0.2, 0.25) is 11.8 Å². The van der Waals surface area contributed by atoms with Gasteiger partial charge in [-0.05, 0) is 25.1 Å². The van der Waals surface area contributed by atoms with E-state index in [1.165, 1.54) is 14.2 Å². The lowest BCUT2D eigenvalue weighted by Crippen LogP contribution is -2.38. The minimum Gasteiger partial charge on any atom is -0.354 e. The molecule has 2 amide bonds. The van der Waals surface area contributed by atoms with E-state index < -0.39 is 6.29 Å². The first-order valence-corrected chi connectivity index (χ1v) is 8.84. The molecule has 1 saturated heterocycles. The largest absolute Gasteiger partial charge is 0.354 e. The van der Waals surface area contributed by atoms with Gasteiger partial charge in [0.15, 0.2) is 6.29 Å². The van der Waals surface area contributed by atoms with Crippen molar-refractivity contribution in [1.29, 1.82) is 0 Å². The first-order chi connectivity index (χ1) is 12.0. The summed E-state index contributed by atoms with van der Waals surface area (Å²) in [4.78, 5) is 30.8. The number of aryl methyl sites for hydroxylation is 1. The molecule has 1 fully saturated rings. The number of carbonyl (C=O) groups is 2. The summed E-state index contributed by atoms with van der Waals surface area (Å²) in [6.45, 7) is 2.57. The molecular formula is C17H21N3O4S. The predicted molar refractivity (Wildman–Crippen MR) is 95.6 cm³/mol. The van der Waals surface area contributed by atoms with Gasteiger partial charge >= 0.3 is 0 Å². The summed E-state index contributed by atoms with van der Waals surface area (Å²) in [6, 6.07) is 5.78. The predicted octanol–water partition coefficient (Wildman–Crippen LogP) is 1.69. The van der Waals surface area contributed by atoms with Crippen molar-refractivity contribution in [2.45, 2.75) is 19.6 Å². The Labute approximate surface area is 149 Å². The molecule has 0 aliphatic carbocycles. The maximum Gasteiger partial charge on any atom is 0.227 e. The minimum atomic E-state index is -0.493. The van der Waals surface area contributed by atoms with Crippen molar-refractivity contribution in [1.82, 2.24) is 10.3 Å². The number of ether oxygens (including phenoxy) is 2. The second kappa shape index (κ2) is 7.47. The number of nitrogens with one attached hydrogen (secondary N) is 1. The number of hydrogen-bond donors (Lipinski definition) is 1. The zero-order chi connectivity index (χ0) is 18.0. The van der Waals surface area contributed by atoms with E-state index >= 15 is 0 Å². The molecule has 1 atom stereocenters. The molecule has 25 heavy (non-hydrogen) atoms. The van der Waals surface area contributed by atoms with E-state index in [1.807, 2.05) is 25.1 Å². The first-order valence-electron chi connectivity index (χ1n) is 8.02. The number of amides is 2. The van der Waals surface area contributed by atoms with Crippen molar-refractivity contribution in [2.75, 3.05) is 32.2 Å². The van der Waals surface area contributed by atoms with E-state index in [2.05, 4.69) is 10.3 Å². The quantitative estimate of drug-likeness (QED) is 0.790. The Kier molecular flexibility index (Phi) is 5.31. The monoisotopic (exact) mass is 363 g/mol. The van der Waals surface area contributed by atoms with Crippen LogP contribution in [0.15, 0.2) is 18.2 Å². The van der Waals surface area contributed by atoms with Gasteiger partial charge in [0.1, 0.15) is 0 Å². The van der Waals surface area contributed by atoms with Gasteiger partial charge in [0.25, 0.3) is 0 Å². The zero-order valence-corrected chi connectivity index (χ0v) is 15.3. The van der Waals surface area contributed by atoms with Crippen LogP contribution in [0.3, 0.4) is 0 Å². The Hall–Kier alpha value is -2.03. The van der Waals surface area contributed by atoms with E-state index in [9.17, 15) is 9.59 Å². The summed E-state index contributed by atoms with van der Waals surface area (Å²) < 4.78 is 11.2. The molecule has 0 radical (unpaired) electrons. The first kappa shape index (κ1) is 17.8. The highest BCUT2D eigenvalue weighted by atomic mass is 32.1. The number of methoxy groups -OCH3 is 2. The molecule has 0 saturated carbocycles. The Morgan fingerprint density at radius 2 is 2.20 bits per heavy atom. The number of fused-ring (bicyclic) bond motifs is 1. The van der Waals surface area contributed by atoms with Crippen LogP contribution in [0.1, 0.15) is 11.4 Å². The molecule has 1 aliphatic heterocycles. The Balaban J connectivity index is 1.67. The molecular weight excluding hydrogens is 342 g/mol. The highest BCUT2D eigenvalue weighted by molar-refractivity contribution is 7.18. The molecule has 1 aromatic heterocycles. The summed E-state index contributed by atoms with van der Waals surface area (Å²) >= 11 is 1.62. The van der Waals surface area contributed by atoms with Crippen LogP contribution in [-0.4, -0.2) is 50.4 Å². The number of benzene rings is 1. The van der Waals surface area contributed by atoms with Gasteiger partial charge < -0.3 is 19.7 Å². The summed E-state index contributed by atoms with van der Waals surface area (Å²) in [5.74, 6) is -0.600. The third-order valence-electron chi connectivity index (χ3n) is 4.25. The minimum absolute atomic E-state index is 0.0542. The summed E-state index contributed by atoms with van der Waals surface area (Å²) in [5, 5.41) is 3.76. The van der Waals surface area contributed by atoms with Gasteiger partial charge in [-0.1, -0.05) is 0 Å². The van der Waals surface area contributed by atoms with Crippen molar-refractivity contribution in [2.24, 2.45) is 5.92 Å². The van der Waals surface area contributed by atoms with Crippen LogP contribution in [0.4, 0.5) is 5.69 Å². The molecule has 1 unspecified atom stereocenters. The van der Waals surface area contributed by atoms with Gasteiger partial charge in [-0.15, -0.1) is 11.3 Å². The van der Waals surface area contributed by atoms with Crippen LogP contribution < -0.4 is 10.2 Å². The smallest absolute Gasteiger partial charge is 0.227 e. The highest BCUT2D eigenvalue weighted by Crippen LogP contribution is 2.30. The molecule has 1 N–H and O–H groups in total. The van der Waals surface area contributed by atoms with Gasteiger partial charge in [0.05, 0.1) is 27.7 Å². The third-order valence-corrected chi connectivity index (χ3v) is 5.21. The number of rotatable bonds is 6. The van der Waals surface area contributed by atoms with Gasteiger partial charge in [-0.3, -0.25) is 9.59 Å². The number of thiazole rings is 1. The summed E-state index contributed by atoms with van der Waals surface area (Å²) in [7, 11) is 3.02. The summed E-state index contributed by atoms with van der Waals surface area (Å²) in [5.41, 5.74) is 1.66. The Bertz CT molecular complexity index is 787. The fourth-order valence-corrected chi connectivity index (χ4v) is 3.73. The number of hydrogen-bond acceptors (Lipinski definition) is 6. The van der Waals surface area contributed by atoms with Gasteiger partial charge in [-0.25, -0.2) is 4.98 Å². The average Bonchev–Trinajstić information content (AvgIpc) is 3.16. The molecule has 8 heteroatoms. The molecule has 134 valence electrons. The van der Waals surface area contributed by atoms with E-state index in [-0.39, 0.29) is 30.7 Å². The molecule has 0 bridgehead atoms. The Morgan fingerprint density at radius 3 is 2.92 bits per heavy atom. The van der Waals surface area contributed by atoms with Crippen LogP contribution >= 0.6 is 11.3 Å². The van der Waals surface area contributed by atoms with E-state index in [0.29, 0.717) is 6.54 Å². The number of aromatic nitrogens is 1. The lowest BCUT2D eigenvalue weighted by molar-refractivity contribution is -0.131. The third kappa shape index (κ3) is 3.81. The standard InChI is InChI=1S/C17H21N3O4S/c1-10-19-13-7-12(4-5-14(13)25-10)20-9-11(6-15(20)21)17(22)18-8-16(23-2)24-3/h4-5,7,11,16H,6,8-9H2,1-3H3,(H,18,22). The molecule has 2 aromatic rings. The second-order valence-electron chi connectivity index (χ2n) is 5.94. The summed E-state index contributed by atoms with van der Waals surface area (Å²) in [6.07, 6.45) is -0.294. The van der Waals surface area contributed by atoms with Crippen molar-refractivity contribution in [3.05, 3.63) is 23.2 Å².